The van der Waals surface area contributed by atoms with Crippen LogP contribution in [0, 0.1) is 6.92 Å². The molecule has 152 valence electrons. The summed E-state index contributed by atoms with van der Waals surface area (Å²) in [4.78, 5) is 11.3. The van der Waals surface area contributed by atoms with E-state index in [1.165, 1.54) is 19.1 Å². The fourth-order valence-corrected chi connectivity index (χ4v) is 4.81. The van der Waals surface area contributed by atoms with Crippen molar-refractivity contribution >= 4 is 49.1 Å². The number of hydrogen-bond donors (Lipinski definition) is 0. The number of sulfone groups is 1. The monoisotopic (exact) mass is 466 g/mol. The first kappa shape index (κ1) is 22.5. The number of benzene rings is 2. The van der Waals surface area contributed by atoms with Gasteiger partial charge in [0.25, 0.3) is 0 Å². The molecule has 11 heteroatoms. The second-order valence-electron chi connectivity index (χ2n) is 5.73. The van der Waals surface area contributed by atoms with E-state index in [1.54, 1.807) is 6.92 Å². The van der Waals surface area contributed by atoms with Gasteiger partial charge in [-0.05, 0) is 43.7 Å². The predicted molar refractivity (Wildman–Crippen MR) is 105 cm³/mol. The van der Waals surface area contributed by atoms with Gasteiger partial charge in [-0.15, -0.1) is 0 Å². The van der Waals surface area contributed by atoms with E-state index in [9.17, 15) is 21.6 Å². The SMILES string of the molecule is CCOC(=O)c1cc(Cl)c(OS(=O)(=O)c2cc(S(C)(=O)=O)ccc2C)c(Cl)c1. The Morgan fingerprint density at radius 2 is 1.61 bits per heavy atom. The first-order valence-electron chi connectivity index (χ1n) is 7.78. The number of rotatable bonds is 6. The van der Waals surface area contributed by atoms with E-state index in [1.807, 2.05) is 0 Å². The number of halogens is 2. The molecule has 0 N–H and O–H groups in total. The lowest BCUT2D eigenvalue weighted by Crippen LogP contribution is -2.13. The van der Waals surface area contributed by atoms with Crippen LogP contribution in [-0.2, 0) is 24.7 Å². The fraction of sp³-hybridized carbons (Fsp3) is 0.235. The van der Waals surface area contributed by atoms with Crippen molar-refractivity contribution in [1.29, 1.82) is 0 Å². The third-order valence-corrected chi connectivity index (χ3v) is 6.60. The maximum atomic E-state index is 12.7. The summed E-state index contributed by atoms with van der Waals surface area (Å²) < 4.78 is 58.7. The van der Waals surface area contributed by atoms with Gasteiger partial charge in [-0.3, -0.25) is 0 Å². The van der Waals surface area contributed by atoms with Crippen LogP contribution in [0.15, 0.2) is 40.1 Å². The number of carbonyl (C=O) groups is 1. The Morgan fingerprint density at radius 1 is 1.04 bits per heavy atom. The minimum atomic E-state index is -4.46. The topological polar surface area (TPSA) is 104 Å². The first-order valence-corrected chi connectivity index (χ1v) is 11.8. The highest BCUT2D eigenvalue weighted by molar-refractivity contribution is 7.90. The summed E-state index contributed by atoms with van der Waals surface area (Å²) in [7, 11) is -8.10. The van der Waals surface area contributed by atoms with Crippen LogP contribution in [0.25, 0.3) is 0 Å². The van der Waals surface area contributed by atoms with Crippen LogP contribution in [-0.4, -0.2) is 35.7 Å². The molecule has 0 heterocycles. The molecular formula is C17H16Cl2O7S2. The van der Waals surface area contributed by atoms with E-state index in [0.29, 0.717) is 0 Å². The summed E-state index contributed by atoms with van der Waals surface area (Å²) in [5, 5.41) is -0.452. The lowest BCUT2D eigenvalue weighted by molar-refractivity contribution is 0.0526. The molecule has 2 aromatic carbocycles. The zero-order chi connectivity index (χ0) is 21.3. The largest absolute Gasteiger partial charge is 0.462 e. The second kappa shape index (κ2) is 8.28. The molecule has 0 aliphatic carbocycles. The van der Waals surface area contributed by atoms with Gasteiger partial charge in [0, 0.05) is 6.26 Å². The van der Waals surface area contributed by atoms with Crippen LogP contribution in [0.2, 0.25) is 10.0 Å². The summed E-state index contributed by atoms with van der Waals surface area (Å²) in [5.74, 6) is -1.07. The average Bonchev–Trinajstić information content (AvgIpc) is 2.57. The minimum Gasteiger partial charge on any atom is -0.462 e. The highest BCUT2D eigenvalue weighted by atomic mass is 35.5. The second-order valence-corrected chi connectivity index (χ2v) is 10.1. The quantitative estimate of drug-likeness (QED) is 0.472. The van der Waals surface area contributed by atoms with Crippen LogP contribution in [0.5, 0.6) is 5.75 Å². The lowest BCUT2D eigenvalue weighted by atomic mass is 10.2. The maximum absolute atomic E-state index is 12.7. The Hall–Kier alpha value is -1.81. The number of ether oxygens (including phenoxy) is 1. The van der Waals surface area contributed by atoms with Crippen LogP contribution < -0.4 is 4.18 Å². The first-order chi connectivity index (χ1) is 12.9. The van der Waals surface area contributed by atoms with Crippen molar-refractivity contribution in [1.82, 2.24) is 0 Å². The minimum absolute atomic E-state index is 0.0249. The molecule has 2 aromatic rings. The summed E-state index contributed by atoms with van der Waals surface area (Å²) in [6.45, 7) is 3.24. The maximum Gasteiger partial charge on any atom is 0.339 e. The van der Waals surface area contributed by atoms with E-state index in [2.05, 4.69) is 0 Å². The van der Waals surface area contributed by atoms with Crippen molar-refractivity contribution in [2.24, 2.45) is 0 Å². The molecule has 0 fully saturated rings. The molecule has 28 heavy (non-hydrogen) atoms. The molecule has 0 amide bonds. The molecule has 0 aromatic heterocycles. The third kappa shape index (κ3) is 4.96. The number of esters is 1. The van der Waals surface area contributed by atoms with Crippen molar-refractivity contribution in [2.75, 3.05) is 12.9 Å². The number of hydrogen-bond acceptors (Lipinski definition) is 7. The molecular weight excluding hydrogens is 451 g/mol. The van der Waals surface area contributed by atoms with Crippen LogP contribution >= 0.6 is 23.2 Å². The summed E-state index contributed by atoms with van der Waals surface area (Å²) >= 11 is 12.1. The van der Waals surface area contributed by atoms with Crippen molar-refractivity contribution in [3.05, 3.63) is 51.5 Å². The number of carbonyl (C=O) groups excluding carboxylic acids is 1. The van der Waals surface area contributed by atoms with Crippen LogP contribution in [0.1, 0.15) is 22.8 Å². The van der Waals surface area contributed by atoms with Crippen molar-refractivity contribution in [3.63, 3.8) is 0 Å². The van der Waals surface area contributed by atoms with Crippen LogP contribution in [0.4, 0.5) is 0 Å². The van der Waals surface area contributed by atoms with E-state index in [-0.39, 0.29) is 43.3 Å². The fourth-order valence-electron chi connectivity index (χ4n) is 2.21. The summed E-state index contributed by atoms with van der Waals surface area (Å²) in [5.41, 5.74) is 0.291. The Labute approximate surface area is 173 Å². The van der Waals surface area contributed by atoms with Gasteiger partial charge < -0.3 is 8.92 Å². The van der Waals surface area contributed by atoms with Gasteiger partial charge in [0.1, 0.15) is 4.90 Å². The smallest absolute Gasteiger partial charge is 0.339 e. The summed E-state index contributed by atoms with van der Waals surface area (Å²) in [6.07, 6.45) is 0.955. The molecule has 2 rings (SSSR count). The van der Waals surface area contributed by atoms with Gasteiger partial charge in [-0.1, -0.05) is 29.3 Å². The molecule has 0 atom stereocenters. The Kier molecular flexibility index (Phi) is 6.65. The van der Waals surface area contributed by atoms with Crippen molar-refractivity contribution in [2.45, 2.75) is 23.6 Å². The van der Waals surface area contributed by atoms with Crippen molar-refractivity contribution in [3.8, 4) is 5.75 Å². The summed E-state index contributed by atoms with van der Waals surface area (Å²) in [6, 6.07) is 5.96. The highest BCUT2D eigenvalue weighted by Gasteiger charge is 2.25. The molecule has 0 bridgehead atoms. The lowest BCUT2D eigenvalue weighted by Gasteiger charge is -2.13. The van der Waals surface area contributed by atoms with Gasteiger partial charge in [0.05, 0.1) is 27.1 Å². The third-order valence-electron chi connectivity index (χ3n) is 3.56. The molecule has 0 aliphatic rings. The standard InChI is InChI=1S/C17H16Cl2O7S2/c1-4-25-17(20)11-7-13(18)16(14(19)8-11)26-28(23,24)15-9-12(27(3,21)22)6-5-10(15)2/h5-9H,4H2,1-3H3. The molecule has 0 aliphatic heterocycles. The molecule has 7 nitrogen and oxygen atoms in total. The van der Waals surface area contributed by atoms with Gasteiger partial charge in [-0.2, -0.15) is 8.42 Å². The molecule has 0 unspecified atom stereocenters. The van der Waals surface area contributed by atoms with Gasteiger partial charge >= 0.3 is 16.1 Å². The highest BCUT2D eigenvalue weighted by Crippen LogP contribution is 2.37. The molecule has 0 saturated carbocycles. The Balaban J connectivity index is 2.50. The Morgan fingerprint density at radius 3 is 2.11 bits per heavy atom. The normalized spacial score (nSPS) is 11.9. The van der Waals surface area contributed by atoms with E-state index < -0.39 is 25.9 Å². The van der Waals surface area contributed by atoms with Gasteiger partial charge in [0.15, 0.2) is 15.6 Å². The van der Waals surface area contributed by atoms with Gasteiger partial charge in [0.2, 0.25) is 0 Å². The van der Waals surface area contributed by atoms with E-state index >= 15 is 0 Å². The van der Waals surface area contributed by atoms with Crippen molar-refractivity contribution < 1.29 is 30.6 Å². The molecule has 0 spiro atoms. The zero-order valence-corrected chi connectivity index (χ0v) is 18.2. The average molecular weight is 467 g/mol. The molecule has 0 saturated heterocycles. The predicted octanol–water partition coefficient (Wildman–Crippen LogP) is 3.65. The molecule has 0 radical (unpaired) electrons. The number of aryl methyl sites for hydroxylation is 1. The zero-order valence-electron chi connectivity index (χ0n) is 15.0. The van der Waals surface area contributed by atoms with E-state index in [0.717, 1.165) is 24.5 Å². The van der Waals surface area contributed by atoms with Gasteiger partial charge in [-0.25, -0.2) is 13.2 Å². The van der Waals surface area contributed by atoms with Crippen LogP contribution in [0.3, 0.4) is 0 Å². The Bertz CT molecular complexity index is 1120. The van der Waals surface area contributed by atoms with E-state index in [4.69, 9.17) is 32.1 Å².